The lowest BCUT2D eigenvalue weighted by Crippen LogP contribution is -2.53. The van der Waals surface area contributed by atoms with E-state index in [-0.39, 0.29) is 25.5 Å². The lowest BCUT2D eigenvalue weighted by molar-refractivity contribution is -0.129. The molecule has 0 saturated carbocycles. The number of azide groups is 1. The van der Waals surface area contributed by atoms with Gasteiger partial charge >= 0.3 is 0 Å². The molecule has 3 aromatic carbocycles. The molecule has 3 N–H and O–H groups in total. The largest absolute Gasteiger partial charge is 0.494 e. The van der Waals surface area contributed by atoms with Crippen molar-refractivity contribution >= 4 is 11.8 Å². The third kappa shape index (κ3) is 7.36. The first-order valence-corrected chi connectivity index (χ1v) is 13.9. The molecule has 0 saturated heterocycles. The number of ether oxygens (including phenoxy) is 2. The van der Waals surface area contributed by atoms with Gasteiger partial charge in [0.1, 0.15) is 5.75 Å². The van der Waals surface area contributed by atoms with Gasteiger partial charge in [0.2, 0.25) is 5.90 Å². The molecule has 0 aliphatic carbocycles. The van der Waals surface area contributed by atoms with Crippen LogP contribution in [0.4, 0.5) is 0 Å². The zero-order valence-corrected chi connectivity index (χ0v) is 23.7. The van der Waals surface area contributed by atoms with Crippen LogP contribution in [0, 0.1) is 6.92 Å². The maximum Gasteiger partial charge on any atom is 0.266 e. The number of hydrogen-bond acceptors (Lipinski definition) is 7. The van der Waals surface area contributed by atoms with E-state index in [0.717, 1.165) is 17.5 Å². The lowest BCUT2D eigenvalue weighted by atomic mass is 9.83. The number of carbonyl (C=O) groups excluding carboxylic acids is 1. The van der Waals surface area contributed by atoms with E-state index in [0.29, 0.717) is 42.3 Å². The normalized spacial score (nSPS) is 17.5. The highest BCUT2D eigenvalue weighted by Gasteiger charge is 2.53. The summed E-state index contributed by atoms with van der Waals surface area (Å²) >= 11 is 0. The number of aliphatic imine (C=N–C) groups is 1. The number of hydrogen-bond donors (Lipinski definition) is 3. The first-order valence-electron chi connectivity index (χ1n) is 13.9. The number of hydrazine groups is 1. The number of rotatable bonds is 15. The fraction of sp³-hybridized carbons (Fsp3) is 0.312. The highest BCUT2D eigenvalue weighted by atomic mass is 16.5. The second kappa shape index (κ2) is 14.8. The van der Waals surface area contributed by atoms with Crippen LogP contribution < -0.4 is 15.6 Å². The molecule has 1 aliphatic heterocycles. The Labute approximate surface area is 245 Å². The molecule has 0 fully saturated rings. The van der Waals surface area contributed by atoms with Gasteiger partial charge in [0, 0.05) is 36.5 Å². The molecule has 4 rings (SSSR count). The highest BCUT2D eigenvalue weighted by molar-refractivity contribution is 6.01. The smallest absolute Gasteiger partial charge is 0.266 e. The monoisotopic (exact) mass is 568 g/mol. The Balaban J connectivity index is 1.62. The third-order valence-corrected chi connectivity index (χ3v) is 6.99. The quantitative estimate of drug-likeness (QED) is 0.0573. The Morgan fingerprint density at radius 1 is 1.19 bits per heavy atom. The van der Waals surface area contributed by atoms with Gasteiger partial charge in [0.05, 0.1) is 13.2 Å². The number of nitrogens with zero attached hydrogens (tertiary/aromatic N) is 4. The van der Waals surface area contributed by atoms with Gasteiger partial charge in [-0.15, -0.1) is 6.58 Å². The van der Waals surface area contributed by atoms with Crippen LogP contribution in [-0.4, -0.2) is 42.2 Å². The Kier molecular flexibility index (Phi) is 10.7. The van der Waals surface area contributed by atoms with E-state index in [9.17, 15) is 4.79 Å². The van der Waals surface area contributed by atoms with Crippen molar-refractivity contribution in [1.29, 1.82) is 0 Å². The third-order valence-electron chi connectivity index (χ3n) is 6.99. The van der Waals surface area contributed by atoms with Crippen LogP contribution in [0.25, 0.3) is 10.4 Å². The average molecular weight is 569 g/mol. The molecule has 0 radical (unpaired) electrons. The van der Waals surface area contributed by atoms with Crippen molar-refractivity contribution in [1.82, 2.24) is 10.9 Å². The molecular weight excluding hydrogens is 532 g/mol. The molecule has 3 aromatic rings. The molecule has 42 heavy (non-hydrogen) atoms. The second-order valence-electron chi connectivity index (χ2n) is 9.99. The van der Waals surface area contributed by atoms with Gasteiger partial charge in [-0.3, -0.25) is 10.2 Å². The topological polar surface area (TPSA) is 141 Å². The van der Waals surface area contributed by atoms with Gasteiger partial charge in [-0.1, -0.05) is 65.3 Å². The number of nitrogens with one attached hydrogen (secondary N) is 2. The van der Waals surface area contributed by atoms with Crippen LogP contribution in [0.5, 0.6) is 5.75 Å². The van der Waals surface area contributed by atoms with Crippen molar-refractivity contribution in [3.63, 3.8) is 0 Å². The minimum atomic E-state index is -1.38. The SMILES string of the molecule is C=CC[C@]1(C(=O)NNCCc2ccc(C)cc2)N=C(c2ccc(OCCCO)cc2)O[C@H]1c1ccccc1CN=[N+]=[N-]. The Hall–Kier alpha value is -4.63. The van der Waals surface area contributed by atoms with Crippen LogP contribution in [0.1, 0.15) is 46.8 Å². The van der Waals surface area contributed by atoms with Crippen LogP contribution in [0.3, 0.4) is 0 Å². The number of aryl methyl sites for hydroxylation is 1. The van der Waals surface area contributed by atoms with E-state index in [2.05, 4.69) is 51.7 Å². The summed E-state index contributed by atoms with van der Waals surface area (Å²) in [5.74, 6) is 0.584. The highest BCUT2D eigenvalue weighted by Crippen LogP contribution is 2.44. The molecule has 218 valence electrons. The van der Waals surface area contributed by atoms with Crippen LogP contribution >= 0.6 is 0 Å². The summed E-state index contributed by atoms with van der Waals surface area (Å²) < 4.78 is 12.1. The Bertz CT molecular complexity index is 1430. The van der Waals surface area contributed by atoms with Crippen molar-refractivity contribution in [3.8, 4) is 5.75 Å². The van der Waals surface area contributed by atoms with Gasteiger partial charge in [-0.05, 0) is 59.8 Å². The van der Waals surface area contributed by atoms with E-state index in [1.165, 1.54) is 5.56 Å². The first-order chi connectivity index (χ1) is 20.5. The second-order valence-corrected chi connectivity index (χ2v) is 9.99. The average Bonchev–Trinajstić information content (AvgIpc) is 3.40. The molecule has 0 aromatic heterocycles. The molecule has 0 unspecified atom stereocenters. The van der Waals surface area contributed by atoms with Crippen LogP contribution in [0.2, 0.25) is 0 Å². The van der Waals surface area contributed by atoms with Crippen molar-refractivity contribution in [2.45, 2.75) is 44.4 Å². The number of benzene rings is 3. The zero-order chi connectivity index (χ0) is 29.8. The minimum Gasteiger partial charge on any atom is -0.494 e. The van der Waals surface area contributed by atoms with E-state index in [1.54, 1.807) is 18.2 Å². The van der Waals surface area contributed by atoms with E-state index in [4.69, 9.17) is 25.1 Å². The molecule has 0 bridgehead atoms. The summed E-state index contributed by atoms with van der Waals surface area (Å²) in [4.78, 5) is 21.8. The summed E-state index contributed by atoms with van der Waals surface area (Å²) in [5.41, 5.74) is 17.9. The summed E-state index contributed by atoms with van der Waals surface area (Å²) in [7, 11) is 0. The van der Waals surface area contributed by atoms with Crippen molar-refractivity contribution in [2.75, 3.05) is 19.8 Å². The van der Waals surface area contributed by atoms with Gasteiger partial charge in [-0.25, -0.2) is 10.4 Å². The number of amides is 1. The zero-order valence-electron chi connectivity index (χ0n) is 23.7. The predicted octanol–water partition coefficient (Wildman–Crippen LogP) is 5.26. The summed E-state index contributed by atoms with van der Waals surface area (Å²) in [6, 6.07) is 22.9. The number of aliphatic hydroxyl groups is 1. The molecule has 10 heteroatoms. The van der Waals surface area contributed by atoms with Gasteiger partial charge < -0.3 is 14.6 Å². The standard InChI is InChI=1S/C32H36N6O4/c1-3-18-32(31(40)37-34-19-17-24-11-9-23(2)10-12-24)29(28-8-5-4-7-26(28)22-35-38-33)42-30(36-32)25-13-15-27(16-14-25)41-21-6-20-39/h3-5,7-16,29,34,39H,1,6,17-22H2,2H3,(H,37,40)/t29-,32-/m0/s1. The fourth-order valence-corrected chi connectivity index (χ4v) is 4.77. The lowest BCUT2D eigenvalue weighted by Gasteiger charge is -2.30. The van der Waals surface area contributed by atoms with Crippen molar-refractivity contribution in [3.05, 3.63) is 124 Å². The summed E-state index contributed by atoms with van der Waals surface area (Å²) in [6.07, 6.45) is 2.31. The minimum absolute atomic E-state index is 0.0551. The number of carbonyl (C=O) groups is 1. The molecule has 10 nitrogen and oxygen atoms in total. The first kappa shape index (κ1) is 30.3. The molecule has 1 heterocycles. The molecule has 1 aliphatic rings. The Morgan fingerprint density at radius 3 is 2.67 bits per heavy atom. The maximum absolute atomic E-state index is 14.0. The van der Waals surface area contributed by atoms with E-state index >= 15 is 0 Å². The molecular formula is C32H36N6O4. The molecule has 1 amide bonds. The van der Waals surface area contributed by atoms with Gasteiger partial charge in [0.25, 0.3) is 5.91 Å². The van der Waals surface area contributed by atoms with Gasteiger partial charge in [0.15, 0.2) is 11.6 Å². The maximum atomic E-state index is 14.0. The summed E-state index contributed by atoms with van der Waals surface area (Å²) in [6.45, 7) is 7.03. The molecule has 2 atom stereocenters. The van der Waals surface area contributed by atoms with E-state index in [1.807, 2.05) is 43.3 Å². The van der Waals surface area contributed by atoms with Crippen molar-refractivity contribution in [2.24, 2.45) is 10.1 Å². The van der Waals surface area contributed by atoms with E-state index < -0.39 is 11.6 Å². The molecule has 0 spiro atoms. The Morgan fingerprint density at radius 2 is 1.95 bits per heavy atom. The van der Waals surface area contributed by atoms with Crippen molar-refractivity contribution < 1.29 is 19.4 Å². The fourth-order valence-electron chi connectivity index (χ4n) is 4.77. The van der Waals surface area contributed by atoms with Gasteiger partial charge in [-0.2, -0.15) is 0 Å². The summed E-state index contributed by atoms with van der Waals surface area (Å²) in [5, 5.41) is 12.8. The van der Waals surface area contributed by atoms with Crippen LogP contribution in [0.15, 0.2) is 95.6 Å². The predicted molar refractivity (Wildman–Crippen MR) is 162 cm³/mol. The number of aliphatic hydroxyl groups excluding tert-OH is 1. The van der Waals surface area contributed by atoms with Crippen LogP contribution in [-0.2, 0) is 22.5 Å².